The first-order valence-electron chi connectivity index (χ1n) is 5.75. The molecule has 1 aromatic carbocycles. The van der Waals surface area contributed by atoms with E-state index in [4.69, 9.17) is 5.73 Å². The maximum Gasteiger partial charge on any atom is 0.253 e. The van der Waals surface area contributed by atoms with Gasteiger partial charge in [0.25, 0.3) is 5.91 Å². The molecule has 0 bridgehead atoms. The van der Waals surface area contributed by atoms with Crippen LogP contribution >= 0.6 is 0 Å². The molecule has 0 saturated heterocycles. The minimum Gasteiger partial charge on any atom is -0.347 e. The predicted octanol–water partition coefficient (Wildman–Crippen LogP) is 1.11. The van der Waals surface area contributed by atoms with Gasteiger partial charge >= 0.3 is 0 Å². The van der Waals surface area contributed by atoms with Gasteiger partial charge in [-0.2, -0.15) is 0 Å². The summed E-state index contributed by atoms with van der Waals surface area (Å²) in [5.41, 5.74) is 5.80. The van der Waals surface area contributed by atoms with E-state index in [1.54, 1.807) is 24.3 Å². The van der Waals surface area contributed by atoms with Gasteiger partial charge in [0.2, 0.25) is 5.91 Å². The number of hydrogen-bond donors (Lipinski definition) is 3. The zero-order chi connectivity index (χ0) is 13.8. The third-order valence-electron chi connectivity index (χ3n) is 2.12. The molecule has 0 fully saturated rings. The number of para-hydroxylation sites is 1. The zero-order valence-corrected chi connectivity index (χ0v) is 10.9. The smallest absolute Gasteiger partial charge is 0.253 e. The van der Waals surface area contributed by atoms with Gasteiger partial charge in [-0.15, -0.1) is 0 Å². The molecule has 4 N–H and O–H groups in total. The lowest BCUT2D eigenvalue weighted by Crippen LogP contribution is -2.41. The first-order valence-corrected chi connectivity index (χ1v) is 5.75. The van der Waals surface area contributed by atoms with Gasteiger partial charge in [-0.05, 0) is 32.9 Å². The largest absolute Gasteiger partial charge is 0.347 e. The van der Waals surface area contributed by atoms with Crippen LogP contribution in [0.2, 0.25) is 0 Å². The van der Waals surface area contributed by atoms with Crippen LogP contribution in [0, 0.1) is 0 Å². The fourth-order valence-corrected chi connectivity index (χ4v) is 1.40. The zero-order valence-electron chi connectivity index (χ0n) is 10.9. The van der Waals surface area contributed by atoms with Crippen LogP contribution < -0.4 is 16.4 Å². The molecule has 0 spiro atoms. The summed E-state index contributed by atoms with van der Waals surface area (Å²) in [5.74, 6) is -0.554. The van der Waals surface area contributed by atoms with Gasteiger partial charge in [0.05, 0.1) is 17.8 Å². The summed E-state index contributed by atoms with van der Waals surface area (Å²) < 4.78 is 0. The predicted molar refractivity (Wildman–Crippen MR) is 71.3 cm³/mol. The molecule has 1 aromatic rings. The number of carbonyl (C=O) groups excluding carboxylic acids is 2. The lowest BCUT2D eigenvalue weighted by molar-refractivity contribution is -0.114. The van der Waals surface area contributed by atoms with Gasteiger partial charge in [0, 0.05) is 5.54 Å². The minimum absolute atomic E-state index is 0.116. The van der Waals surface area contributed by atoms with Crippen molar-refractivity contribution < 1.29 is 9.59 Å². The van der Waals surface area contributed by atoms with E-state index < -0.39 is 0 Å². The number of benzene rings is 1. The third kappa shape index (κ3) is 4.18. The molecule has 0 aliphatic carbocycles. The first-order chi connectivity index (χ1) is 8.33. The van der Waals surface area contributed by atoms with Crippen molar-refractivity contribution in [2.45, 2.75) is 26.3 Å². The second kappa shape index (κ2) is 5.64. The maximum absolute atomic E-state index is 12.1. The highest BCUT2D eigenvalue weighted by molar-refractivity contribution is 6.04. The van der Waals surface area contributed by atoms with Gasteiger partial charge in [0.15, 0.2) is 0 Å². The van der Waals surface area contributed by atoms with Crippen molar-refractivity contribution in [1.29, 1.82) is 0 Å². The van der Waals surface area contributed by atoms with Crippen molar-refractivity contribution in [3.8, 4) is 0 Å². The maximum atomic E-state index is 12.1. The average molecular weight is 249 g/mol. The fraction of sp³-hybridized carbons (Fsp3) is 0.385. The van der Waals surface area contributed by atoms with Gasteiger partial charge in [-0.25, -0.2) is 0 Å². The molecule has 2 amide bonds. The molecule has 0 aliphatic heterocycles. The van der Waals surface area contributed by atoms with Crippen LogP contribution in [-0.4, -0.2) is 23.9 Å². The molecule has 98 valence electrons. The lowest BCUT2D eigenvalue weighted by atomic mass is 10.1. The Kier molecular flexibility index (Phi) is 4.44. The van der Waals surface area contributed by atoms with E-state index in [0.717, 1.165) is 0 Å². The van der Waals surface area contributed by atoms with E-state index in [9.17, 15) is 9.59 Å². The molecular weight excluding hydrogens is 230 g/mol. The fourth-order valence-electron chi connectivity index (χ4n) is 1.40. The van der Waals surface area contributed by atoms with E-state index in [0.29, 0.717) is 11.3 Å². The van der Waals surface area contributed by atoms with Crippen LogP contribution in [0.5, 0.6) is 0 Å². The number of carbonyl (C=O) groups is 2. The summed E-state index contributed by atoms with van der Waals surface area (Å²) in [6.07, 6.45) is 0. The second-order valence-electron chi connectivity index (χ2n) is 5.00. The van der Waals surface area contributed by atoms with E-state index in [2.05, 4.69) is 10.6 Å². The van der Waals surface area contributed by atoms with Crippen molar-refractivity contribution in [3.05, 3.63) is 29.8 Å². The van der Waals surface area contributed by atoms with Crippen LogP contribution in [-0.2, 0) is 4.79 Å². The summed E-state index contributed by atoms with van der Waals surface area (Å²) in [6, 6.07) is 6.83. The molecule has 0 aromatic heterocycles. The van der Waals surface area contributed by atoms with Gasteiger partial charge in [-0.3, -0.25) is 9.59 Å². The van der Waals surface area contributed by atoms with Gasteiger partial charge < -0.3 is 16.4 Å². The summed E-state index contributed by atoms with van der Waals surface area (Å²) in [6.45, 7) is 5.57. The Morgan fingerprint density at radius 2 is 1.83 bits per heavy atom. The van der Waals surface area contributed by atoms with Gasteiger partial charge in [0.1, 0.15) is 0 Å². The molecular formula is C13H19N3O2. The van der Waals surface area contributed by atoms with Crippen LogP contribution in [0.1, 0.15) is 31.1 Å². The quantitative estimate of drug-likeness (QED) is 0.750. The Labute approximate surface area is 107 Å². The monoisotopic (exact) mass is 249 g/mol. The molecule has 0 saturated carbocycles. The number of nitrogens with two attached hydrogens (primary N) is 1. The van der Waals surface area contributed by atoms with Crippen LogP contribution in [0.3, 0.4) is 0 Å². The molecule has 18 heavy (non-hydrogen) atoms. The number of nitrogens with one attached hydrogen (secondary N) is 2. The Morgan fingerprint density at radius 1 is 1.22 bits per heavy atom. The van der Waals surface area contributed by atoms with Crippen molar-refractivity contribution in [3.63, 3.8) is 0 Å². The number of rotatable bonds is 3. The SMILES string of the molecule is CC(C)(C)NC(=O)c1ccccc1NC(=O)CN. The normalized spacial score (nSPS) is 10.9. The molecule has 1 rings (SSSR count). The summed E-state index contributed by atoms with van der Waals surface area (Å²) in [5, 5.41) is 5.45. The average Bonchev–Trinajstić information content (AvgIpc) is 2.27. The highest BCUT2D eigenvalue weighted by Crippen LogP contribution is 2.16. The van der Waals surface area contributed by atoms with E-state index in [1.807, 2.05) is 20.8 Å². The molecule has 0 unspecified atom stereocenters. The summed E-state index contributed by atoms with van der Waals surface area (Å²) in [7, 11) is 0. The van der Waals surface area contributed by atoms with E-state index in [-0.39, 0.29) is 23.9 Å². The topological polar surface area (TPSA) is 84.2 Å². The summed E-state index contributed by atoms with van der Waals surface area (Å²) >= 11 is 0. The lowest BCUT2D eigenvalue weighted by Gasteiger charge is -2.21. The Hall–Kier alpha value is -1.88. The van der Waals surface area contributed by atoms with Crippen LogP contribution in [0.15, 0.2) is 24.3 Å². The van der Waals surface area contributed by atoms with E-state index >= 15 is 0 Å². The molecule has 5 nitrogen and oxygen atoms in total. The van der Waals surface area contributed by atoms with Crippen LogP contribution in [0.25, 0.3) is 0 Å². The molecule has 5 heteroatoms. The van der Waals surface area contributed by atoms with Crippen molar-refractivity contribution >= 4 is 17.5 Å². The number of amides is 2. The van der Waals surface area contributed by atoms with Crippen molar-refractivity contribution in [1.82, 2.24) is 5.32 Å². The number of anilines is 1. The molecule has 0 radical (unpaired) electrons. The second-order valence-corrected chi connectivity index (χ2v) is 5.00. The molecule has 0 heterocycles. The molecule has 0 atom stereocenters. The highest BCUT2D eigenvalue weighted by Gasteiger charge is 2.18. The number of hydrogen-bond acceptors (Lipinski definition) is 3. The third-order valence-corrected chi connectivity index (χ3v) is 2.12. The Morgan fingerprint density at radius 3 is 2.39 bits per heavy atom. The standard InChI is InChI=1S/C13H19N3O2/c1-13(2,3)16-12(18)9-6-4-5-7-10(9)15-11(17)8-14/h4-7H,8,14H2,1-3H3,(H,15,17)(H,16,18). The van der Waals surface area contributed by atoms with E-state index in [1.165, 1.54) is 0 Å². The van der Waals surface area contributed by atoms with Crippen molar-refractivity contribution in [2.24, 2.45) is 5.73 Å². The Balaban J connectivity index is 2.94. The first kappa shape index (κ1) is 14.2. The minimum atomic E-state index is -0.331. The molecule has 0 aliphatic rings. The van der Waals surface area contributed by atoms with Crippen LogP contribution in [0.4, 0.5) is 5.69 Å². The van der Waals surface area contributed by atoms with Crippen molar-refractivity contribution in [2.75, 3.05) is 11.9 Å². The Bertz CT molecular complexity index is 450. The summed E-state index contributed by atoms with van der Waals surface area (Å²) in [4.78, 5) is 23.3. The highest BCUT2D eigenvalue weighted by atomic mass is 16.2. The van der Waals surface area contributed by atoms with Gasteiger partial charge in [-0.1, -0.05) is 12.1 Å².